The zero-order valence-corrected chi connectivity index (χ0v) is 22.9. The van der Waals surface area contributed by atoms with E-state index in [0.29, 0.717) is 35.9 Å². The van der Waals surface area contributed by atoms with Crippen molar-refractivity contribution in [2.24, 2.45) is 0 Å². The zero-order valence-electron chi connectivity index (χ0n) is 22.1. The highest BCUT2D eigenvalue weighted by Gasteiger charge is 2.23. The van der Waals surface area contributed by atoms with Gasteiger partial charge in [0.25, 0.3) is 5.91 Å². The molecule has 1 aromatic heterocycles. The largest absolute Gasteiger partial charge is 0.492 e. The summed E-state index contributed by atoms with van der Waals surface area (Å²) in [7, 11) is 4.03. The van der Waals surface area contributed by atoms with E-state index in [-0.39, 0.29) is 29.6 Å². The summed E-state index contributed by atoms with van der Waals surface area (Å²) in [6.07, 6.45) is 3.37. The topological polar surface area (TPSA) is 74.7 Å². The molecule has 1 amide bonds. The molecule has 0 unspecified atom stereocenters. The maximum atomic E-state index is 13.9. The third-order valence-electron chi connectivity index (χ3n) is 6.85. The molecule has 1 saturated carbocycles. The van der Waals surface area contributed by atoms with Gasteiger partial charge in [-0.1, -0.05) is 23.7 Å². The van der Waals surface area contributed by atoms with Gasteiger partial charge in [0.15, 0.2) is 0 Å². The molecule has 0 atom stereocenters. The van der Waals surface area contributed by atoms with Crippen LogP contribution in [0.2, 0.25) is 5.02 Å². The number of carbonyl (C=O) groups is 1. The molecular weight excluding hydrogens is 505 g/mol. The van der Waals surface area contributed by atoms with Crippen molar-refractivity contribution in [3.05, 3.63) is 70.6 Å². The van der Waals surface area contributed by atoms with E-state index >= 15 is 0 Å². The summed E-state index contributed by atoms with van der Waals surface area (Å²) in [6.45, 7) is 3.25. The molecule has 1 fully saturated rings. The Morgan fingerprint density at radius 3 is 2.55 bits per heavy atom. The molecule has 2 aromatic carbocycles. The molecule has 1 aliphatic carbocycles. The Labute approximate surface area is 228 Å². The molecule has 3 aromatic rings. The molecule has 0 aliphatic heterocycles. The molecule has 6 nitrogen and oxygen atoms in total. The minimum absolute atomic E-state index is 0.00729. The van der Waals surface area contributed by atoms with Crippen LogP contribution in [0.5, 0.6) is 5.75 Å². The predicted molar refractivity (Wildman–Crippen MR) is 149 cm³/mol. The number of hydrogen-bond acceptors (Lipinski definition) is 5. The first-order valence-electron chi connectivity index (χ1n) is 13.0. The number of aryl methyl sites for hydroxylation is 1. The second-order valence-corrected chi connectivity index (χ2v) is 10.6. The Morgan fingerprint density at radius 2 is 1.84 bits per heavy atom. The highest BCUT2D eigenvalue weighted by molar-refractivity contribution is 6.32. The summed E-state index contributed by atoms with van der Waals surface area (Å²) in [5, 5.41) is 13.3. The van der Waals surface area contributed by atoms with Crippen molar-refractivity contribution < 1.29 is 19.0 Å². The standard InChI is InChI=1S/C30H35ClFN3O3/c1-19-17-21(32)6-11-24(19)25-12-14-27(30(37)33-22-7-9-23(36)10-8-22)34-29(25)20-5-13-26(31)28(18-20)38-16-4-15-35(2)3/h5-6,11-14,17-18,22-23,36H,4,7-10,15-16H2,1-3H3,(H,33,37). The van der Waals surface area contributed by atoms with Crippen LogP contribution in [0.1, 0.15) is 48.2 Å². The van der Waals surface area contributed by atoms with Crippen molar-refractivity contribution in [1.82, 2.24) is 15.2 Å². The van der Waals surface area contributed by atoms with Crippen LogP contribution >= 0.6 is 11.6 Å². The maximum absolute atomic E-state index is 13.9. The number of hydrogen-bond donors (Lipinski definition) is 2. The van der Waals surface area contributed by atoms with Gasteiger partial charge in [0.2, 0.25) is 0 Å². The SMILES string of the molecule is Cc1cc(F)ccc1-c1ccc(C(=O)NC2CCC(O)CC2)nc1-c1ccc(Cl)c(OCCCN(C)C)c1. The Bertz CT molecular complexity index is 1280. The van der Waals surface area contributed by atoms with Gasteiger partial charge in [-0.15, -0.1) is 0 Å². The summed E-state index contributed by atoms with van der Waals surface area (Å²) >= 11 is 6.45. The number of amides is 1. The molecule has 4 rings (SSSR count). The highest BCUT2D eigenvalue weighted by atomic mass is 35.5. The number of ether oxygens (including phenoxy) is 1. The van der Waals surface area contributed by atoms with Crippen molar-refractivity contribution in [3.8, 4) is 28.1 Å². The number of aliphatic hydroxyl groups is 1. The monoisotopic (exact) mass is 539 g/mol. The number of aliphatic hydroxyl groups excluding tert-OH is 1. The van der Waals surface area contributed by atoms with Gasteiger partial charge < -0.3 is 20.1 Å². The lowest BCUT2D eigenvalue weighted by molar-refractivity contribution is 0.0863. The fourth-order valence-corrected chi connectivity index (χ4v) is 4.93. The number of nitrogens with one attached hydrogen (secondary N) is 1. The van der Waals surface area contributed by atoms with Gasteiger partial charge in [0.05, 0.1) is 23.4 Å². The summed E-state index contributed by atoms with van der Waals surface area (Å²) in [6, 6.07) is 13.7. The van der Waals surface area contributed by atoms with E-state index in [4.69, 9.17) is 21.3 Å². The molecule has 38 heavy (non-hydrogen) atoms. The van der Waals surface area contributed by atoms with Crippen LogP contribution in [0.25, 0.3) is 22.4 Å². The number of carbonyl (C=O) groups excluding carboxylic acids is 1. The van der Waals surface area contributed by atoms with Gasteiger partial charge >= 0.3 is 0 Å². The Kier molecular flexibility index (Phi) is 9.36. The molecule has 2 N–H and O–H groups in total. The van der Waals surface area contributed by atoms with E-state index in [1.807, 2.05) is 39.2 Å². The average molecular weight is 540 g/mol. The van der Waals surface area contributed by atoms with Crippen LogP contribution in [0.15, 0.2) is 48.5 Å². The molecule has 1 heterocycles. The van der Waals surface area contributed by atoms with Crippen molar-refractivity contribution >= 4 is 17.5 Å². The second kappa shape index (κ2) is 12.7. The zero-order chi connectivity index (χ0) is 27.2. The Hall–Kier alpha value is -3.00. The second-order valence-electron chi connectivity index (χ2n) is 10.2. The lowest BCUT2D eigenvalue weighted by Gasteiger charge is -2.26. The summed E-state index contributed by atoms with van der Waals surface area (Å²) < 4.78 is 19.9. The average Bonchev–Trinajstić information content (AvgIpc) is 2.88. The first-order valence-corrected chi connectivity index (χ1v) is 13.4. The van der Waals surface area contributed by atoms with E-state index in [1.54, 1.807) is 18.2 Å². The summed E-state index contributed by atoms with van der Waals surface area (Å²) in [5.74, 6) is -0.0273. The van der Waals surface area contributed by atoms with Crippen molar-refractivity contribution in [2.45, 2.75) is 51.2 Å². The van der Waals surface area contributed by atoms with Gasteiger partial charge in [-0.2, -0.15) is 0 Å². The third-order valence-corrected chi connectivity index (χ3v) is 7.16. The van der Waals surface area contributed by atoms with Gasteiger partial charge in [-0.25, -0.2) is 9.37 Å². The fourth-order valence-electron chi connectivity index (χ4n) is 4.76. The lowest BCUT2D eigenvalue weighted by Crippen LogP contribution is -2.38. The van der Waals surface area contributed by atoms with Gasteiger partial charge in [-0.05, 0) is 101 Å². The number of aromatic nitrogens is 1. The van der Waals surface area contributed by atoms with Crippen LogP contribution < -0.4 is 10.1 Å². The quantitative estimate of drug-likeness (QED) is 0.332. The normalized spacial score (nSPS) is 17.4. The summed E-state index contributed by atoms with van der Waals surface area (Å²) in [5.41, 5.74) is 3.98. The van der Waals surface area contributed by atoms with Crippen LogP contribution in [-0.2, 0) is 0 Å². The Morgan fingerprint density at radius 1 is 1.11 bits per heavy atom. The first-order chi connectivity index (χ1) is 18.2. The van der Waals surface area contributed by atoms with E-state index in [1.165, 1.54) is 12.1 Å². The fraction of sp³-hybridized carbons (Fsp3) is 0.400. The molecule has 0 spiro atoms. The van der Waals surface area contributed by atoms with Gasteiger partial charge in [-0.3, -0.25) is 4.79 Å². The minimum Gasteiger partial charge on any atom is -0.492 e. The lowest BCUT2D eigenvalue weighted by atomic mass is 9.93. The summed E-state index contributed by atoms with van der Waals surface area (Å²) in [4.78, 5) is 20.0. The van der Waals surface area contributed by atoms with Crippen molar-refractivity contribution in [1.29, 1.82) is 0 Å². The molecule has 1 aliphatic rings. The van der Waals surface area contributed by atoms with Crippen molar-refractivity contribution in [2.75, 3.05) is 27.2 Å². The number of benzene rings is 2. The number of rotatable bonds is 9. The van der Waals surface area contributed by atoms with Gasteiger partial charge in [0.1, 0.15) is 17.3 Å². The van der Waals surface area contributed by atoms with Crippen LogP contribution in [0.4, 0.5) is 4.39 Å². The molecule has 0 saturated heterocycles. The van der Waals surface area contributed by atoms with Crippen LogP contribution in [0.3, 0.4) is 0 Å². The molecule has 0 radical (unpaired) electrons. The van der Waals surface area contributed by atoms with Gasteiger partial charge in [0, 0.05) is 23.7 Å². The minimum atomic E-state index is -0.311. The highest BCUT2D eigenvalue weighted by Crippen LogP contribution is 2.37. The van der Waals surface area contributed by atoms with Crippen molar-refractivity contribution in [3.63, 3.8) is 0 Å². The molecule has 8 heteroatoms. The first kappa shape index (κ1) is 28.0. The van der Waals surface area contributed by atoms with E-state index in [2.05, 4.69) is 10.2 Å². The number of pyridine rings is 1. The molecular formula is C30H35ClFN3O3. The number of nitrogens with zero attached hydrogens (tertiary/aromatic N) is 2. The Balaban J connectivity index is 1.68. The van der Waals surface area contributed by atoms with E-state index in [0.717, 1.165) is 48.1 Å². The van der Waals surface area contributed by atoms with Crippen LogP contribution in [-0.4, -0.2) is 60.3 Å². The van der Waals surface area contributed by atoms with E-state index in [9.17, 15) is 14.3 Å². The molecule has 0 bridgehead atoms. The van der Waals surface area contributed by atoms with Crippen LogP contribution in [0, 0.1) is 12.7 Å². The predicted octanol–water partition coefficient (Wildman–Crippen LogP) is 5.88. The smallest absolute Gasteiger partial charge is 0.270 e. The van der Waals surface area contributed by atoms with E-state index < -0.39 is 0 Å². The molecule has 202 valence electrons. The third kappa shape index (κ3) is 7.10. The maximum Gasteiger partial charge on any atom is 0.270 e. The number of halogens is 2.